The second-order valence-electron chi connectivity index (χ2n) is 6.43. The number of rotatable bonds is 6. The SMILES string of the molecule is CCCN(c1cn2nc(-c3ccc(F)cc3)c(C(=O)OC)c2cc1O)S(C)(=O)=O. The van der Waals surface area contributed by atoms with Crippen molar-refractivity contribution in [1.82, 2.24) is 9.61 Å². The third-order valence-electron chi connectivity index (χ3n) is 4.33. The predicted octanol–water partition coefficient (Wildman–Crippen LogP) is 2.81. The van der Waals surface area contributed by atoms with Crippen LogP contribution in [0.15, 0.2) is 36.5 Å². The number of benzene rings is 1. The van der Waals surface area contributed by atoms with E-state index in [1.165, 1.54) is 48.2 Å². The number of hydrogen-bond acceptors (Lipinski definition) is 6. The van der Waals surface area contributed by atoms with Gasteiger partial charge in [-0.25, -0.2) is 22.1 Å². The maximum absolute atomic E-state index is 13.3. The highest BCUT2D eigenvalue weighted by Gasteiger charge is 2.26. The summed E-state index contributed by atoms with van der Waals surface area (Å²) >= 11 is 0. The zero-order valence-electron chi connectivity index (χ0n) is 16.1. The molecule has 0 saturated heterocycles. The molecule has 0 aliphatic rings. The Morgan fingerprint density at radius 3 is 2.52 bits per heavy atom. The molecule has 0 spiro atoms. The Morgan fingerprint density at radius 1 is 1.31 bits per heavy atom. The van der Waals surface area contributed by atoms with Crippen molar-refractivity contribution in [2.45, 2.75) is 13.3 Å². The first-order valence-electron chi connectivity index (χ1n) is 8.74. The van der Waals surface area contributed by atoms with Gasteiger partial charge in [0.2, 0.25) is 10.0 Å². The molecule has 0 aliphatic carbocycles. The summed E-state index contributed by atoms with van der Waals surface area (Å²) in [6.45, 7) is 1.97. The van der Waals surface area contributed by atoms with E-state index in [0.29, 0.717) is 12.0 Å². The lowest BCUT2D eigenvalue weighted by Crippen LogP contribution is -2.30. The van der Waals surface area contributed by atoms with Crippen molar-refractivity contribution in [2.75, 3.05) is 24.2 Å². The Morgan fingerprint density at radius 2 is 1.97 bits per heavy atom. The Kier molecular flexibility index (Phi) is 5.47. The van der Waals surface area contributed by atoms with Crippen LogP contribution in [-0.4, -0.2) is 49.0 Å². The molecule has 0 unspecified atom stereocenters. The number of esters is 1. The van der Waals surface area contributed by atoms with Gasteiger partial charge in [-0.2, -0.15) is 5.10 Å². The normalized spacial score (nSPS) is 11.6. The molecule has 0 atom stereocenters. The molecule has 0 radical (unpaired) electrons. The van der Waals surface area contributed by atoms with Gasteiger partial charge >= 0.3 is 5.97 Å². The average molecular weight is 421 g/mol. The number of methoxy groups -OCH3 is 1. The summed E-state index contributed by atoms with van der Waals surface area (Å²) in [7, 11) is -2.44. The zero-order chi connectivity index (χ0) is 21.3. The van der Waals surface area contributed by atoms with E-state index in [9.17, 15) is 22.7 Å². The smallest absolute Gasteiger partial charge is 0.342 e. The molecule has 0 saturated carbocycles. The summed E-state index contributed by atoms with van der Waals surface area (Å²) in [6.07, 6.45) is 2.90. The van der Waals surface area contributed by atoms with Gasteiger partial charge in [-0.1, -0.05) is 6.92 Å². The van der Waals surface area contributed by atoms with Crippen LogP contribution in [0.3, 0.4) is 0 Å². The first-order valence-corrected chi connectivity index (χ1v) is 10.6. The summed E-state index contributed by atoms with van der Waals surface area (Å²) in [6, 6.07) is 6.65. The number of halogens is 1. The number of pyridine rings is 1. The number of anilines is 1. The molecule has 0 amide bonds. The lowest BCUT2D eigenvalue weighted by atomic mass is 10.1. The van der Waals surface area contributed by atoms with Crippen LogP contribution in [0.5, 0.6) is 5.75 Å². The summed E-state index contributed by atoms with van der Waals surface area (Å²) < 4.78 is 44.8. The number of ether oxygens (including phenoxy) is 1. The van der Waals surface area contributed by atoms with Crippen LogP contribution >= 0.6 is 0 Å². The van der Waals surface area contributed by atoms with Gasteiger partial charge in [-0.15, -0.1) is 0 Å². The van der Waals surface area contributed by atoms with E-state index in [-0.39, 0.29) is 34.8 Å². The fourth-order valence-electron chi connectivity index (χ4n) is 3.04. The number of nitrogens with zero attached hydrogens (tertiary/aromatic N) is 3. The molecule has 1 aromatic carbocycles. The number of fused-ring (bicyclic) bond motifs is 1. The summed E-state index contributed by atoms with van der Waals surface area (Å²) in [5.41, 5.74) is 1.01. The number of hydrogen-bond donors (Lipinski definition) is 1. The van der Waals surface area contributed by atoms with Crippen molar-refractivity contribution in [3.8, 4) is 17.0 Å². The minimum Gasteiger partial charge on any atom is -0.506 e. The van der Waals surface area contributed by atoms with E-state index in [1.807, 2.05) is 6.92 Å². The second-order valence-corrected chi connectivity index (χ2v) is 8.34. The van der Waals surface area contributed by atoms with Crippen molar-refractivity contribution >= 4 is 27.2 Å². The maximum atomic E-state index is 13.3. The van der Waals surface area contributed by atoms with Gasteiger partial charge in [0.25, 0.3) is 0 Å². The van der Waals surface area contributed by atoms with Crippen molar-refractivity contribution in [1.29, 1.82) is 0 Å². The molecule has 8 nitrogen and oxygen atoms in total. The third-order valence-corrected chi connectivity index (χ3v) is 5.51. The third kappa shape index (κ3) is 3.88. The highest BCUT2D eigenvalue weighted by atomic mass is 32.2. The number of aromatic hydroxyl groups is 1. The fourth-order valence-corrected chi connectivity index (χ4v) is 4.06. The largest absolute Gasteiger partial charge is 0.506 e. The molecule has 2 heterocycles. The minimum absolute atomic E-state index is 0.0337. The Balaban J connectivity index is 2.29. The van der Waals surface area contributed by atoms with E-state index in [4.69, 9.17) is 4.74 Å². The van der Waals surface area contributed by atoms with Crippen LogP contribution in [0, 0.1) is 5.82 Å². The van der Waals surface area contributed by atoms with Crippen molar-refractivity contribution in [3.05, 3.63) is 47.9 Å². The van der Waals surface area contributed by atoms with Gasteiger partial charge in [0.15, 0.2) is 0 Å². The Labute approximate surface area is 167 Å². The van der Waals surface area contributed by atoms with Crippen LogP contribution in [0.1, 0.15) is 23.7 Å². The van der Waals surface area contributed by atoms with E-state index in [2.05, 4.69) is 5.10 Å². The maximum Gasteiger partial charge on any atom is 0.342 e. The van der Waals surface area contributed by atoms with Gasteiger partial charge in [-0.3, -0.25) is 4.31 Å². The van der Waals surface area contributed by atoms with Gasteiger partial charge in [0.05, 0.1) is 25.1 Å². The summed E-state index contributed by atoms with van der Waals surface area (Å²) in [5, 5.41) is 14.9. The van der Waals surface area contributed by atoms with Gasteiger partial charge in [0.1, 0.15) is 28.5 Å². The zero-order valence-corrected chi connectivity index (χ0v) is 16.9. The van der Waals surface area contributed by atoms with Crippen LogP contribution < -0.4 is 4.31 Å². The van der Waals surface area contributed by atoms with Gasteiger partial charge < -0.3 is 9.84 Å². The first kappa shape index (κ1) is 20.6. The van der Waals surface area contributed by atoms with Crippen molar-refractivity contribution < 1.29 is 27.4 Å². The topological polar surface area (TPSA) is 101 Å². The van der Waals surface area contributed by atoms with Crippen LogP contribution in [0.4, 0.5) is 10.1 Å². The number of carbonyl (C=O) groups excluding carboxylic acids is 1. The average Bonchev–Trinajstić information content (AvgIpc) is 3.03. The van der Waals surface area contributed by atoms with Crippen molar-refractivity contribution in [3.63, 3.8) is 0 Å². The van der Waals surface area contributed by atoms with Crippen molar-refractivity contribution in [2.24, 2.45) is 0 Å². The summed E-state index contributed by atoms with van der Waals surface area (Å²) in [4.78, 5) is 12.4. The number of aromatic nitrogens is 2. The molecule has 0 aliphatic heterocycles. The highest BCUT2D eigenvalue weighted by Crippen LogP contribution is 2.35. The number of sulfonamides is 1. The van der Waals surface area contributed by atoms with Crippen LogP contribution in [-0.2, 0) is 14.8 Å². The molecule has 29 heavy (non-hydrogen) atoms. The molecule has 0 fully saturated rings. The lowest BCUT2D eigenvalue weighted by molar-refractivity contribution is 0.0604. The fraction of sp³-hybridized carbons (Fsp3) is 0.263. The van der Waals surface area contributed by atoms with Gasteiger partial charge in [-0.05, 0) is 30.7 Å². The van der Waals surface area contributed by atoms with E-state index in [0.717, 1.165) is 10.6 Å². The van der Waals surface area contributed by atoms with E-state index in [1.54, 1.807) is 0 Å². The first-order chi connectivity index (χ1) is 13.7. The molecule has 3 rings (SSSR count). The highest BCUT2D eigenvalue weighted by molar-refractivity contribution is 7.92. The minimum atomic E-state index is -3.65. The second kappa shape index (κ2) is 7.70. The molecule has 1 N–H and O–H groups in total. The monoisotopic (exact) mass is 421 g/mol. The van der Waals surface area contributed by atoms with E-state index < -0.39 is 21.8 Å². The molecule has 10 heteroatoms. The molecule has 154 valence electrons. The Hall–Kier alpha value is -3.14. The molecular weight excluding hydrogens is 401 g/mol. The molecular formula is C19H20FN3O5S. The standard InChI is InChI=1S/C19H20FN3O5S/c1-4-9-23(29(3,26)27)15-11-22-14(10-16(15)24)17(19(25)28-2)18(21-22)12-5-7-13(20)8-6-12/h5-8,10-11,24H,4,9H2,1-3H3. The molecule has 0 bridgehead atoms. The quantitative estimate of drug-likeness (QED) is 0.614. The lowest BCUT2D eigenvalue weighted by Gasteiger charge is -2.22. The number of carbonyl (C=O) groups is 1. The Bertz CT molecular complexity index is 1170. The van der Waals surface area contributed by atoms with Crippen LogP contribution in [0.25, 0.3) is 16.8 Å². The molecule has 2 aromatic heterocycles. The summed E-state index contributed by atoms with van der Waals surface area (Å²) in [5.74, 6) is -1.47. The van der Waals surface area contributed by atoms with E-state index >= 15 is 0 Å². The predicted molar refractivity (Wildman–Crippen MR) is 106 cm³/mol. The molecule has 3 aromatic rings. The van der Waals surface area contributed by atoms with Gasteiger partial charge in [0, 0.05) is 18.2 Å². The van der Waals surface area contributed by atoms with Crippen LogP contribution in [0.2, 0.25) is 0 Å².